The number of ether oxygens (including phenoxy) is 3. The van der Waals surface area contributed by atoms with Crippen LogP contribution in [-0.4, -0.2) is 65.6 Å². The highest BCUT2D eigenvalue weighted by Gasteiger charge is 2.34. The van der Waals surface area contributed by atoms with Gasteiger partial charge in [0.15, 0.2) is 11.5 Å². The fourth-order valence-electron chi connectivity index (χ4n) is 4.55. The highest BCUT2D eigenvalue weighted by Crippen LogP contribution is 2.33. The summed E-state index contributed by atoms with van der Waals surface area (Å²) in [7, 11) is 0.0675. The number of sulfonamides is 1. The highest BCUT2D eigenvalue weighted by molar-refractivity contribution is 7.92. The number of anilines is 1. The maximum atomic E-state index is 14.2. The van der Waals surface area contributed by atoms with E-state index in [-0.39, 0.29) is 34.7 Å². The van der Waals surface area contributed by atoms with Crippen LogP contribution in [-0.2, 0) is 26.2 Å². The third-order valence-electron chi connectivity index (χ3n) is 6.89. The first-order chi connectivity index (χ1) is 20.9. The Morgan fingerprint density at radius 3 is 2.18 bits per heavy atom. The predicted molar refractivity (Wildman–Crippen MR) is 171 cm³/mol. The Morgan fingerprint density at radius 1 is 0.909 bits per heavy atom. The second-order valence-corrected chi connectivity index (χ2v) is 12.7. The van der Waals surface area contributed by atoms with Gasteiger partial charge in [-0.1, -0.05) is 44.5 Å². The van der Waals surface area contributed by atoms with E-state index in [1.807, 2.05) is 26.8 Å². The first kappa shape index (κ1) is 34.5. The van der Waals surface area contributed by atoms with Crippen molar-refractivity contribution in [1.82, 2.24) is 10.2 Å². The number of hydrogen-bond donors (Lipinski definition) is 1. The third kappa shape index (κ3) is 8.57. The van der Waals surface area contributed by atoms with Gasteiger partial charge in [-0.2, -0.15) is 0 Å². The highest BCUT2D eigenvalue weighted by atomic mass is 35.5. The van der Waals surface area contributed by atoms with Gasteiger partial charge in [-0.05, 0) is 66.4 Å². The number of halogens is 1. The Morgan fingerprint density at radius 2 is 1.59 bits per heavy atom. The average Bonchev–Trinajstić information content (AvgIpc) is 3.02. The monoisotopic (exact) mass is 645 g/mol. The van der Waals surface area contributed by atoms with E-state index in [4.69, 9.17) is 25.8 Å². The van der Waals surface area contributed by atoms with Crippen LogP contribution in [0.1, 0.15) is 32.8 Å². The van der Waals surface area contributed by atoms with Crippen molar-refractivity contribution in [3.05, 3.63) is 77.3 Å². The van der Waals surface area contributed by atoms with Crippen LogP contribution >= 0.6 is 11.6 Å². The maximum Gasteiger partial charge on any atom is 0.264 e. The van der Waals surface area contributed by atoms with Gasteiger partial charge in [-0.15, -0.1) is 0 Å². The zero-order valence-electron chi connectivity index (χ0n) is 25.9. The van der Waals surface area contributed by atoms with E-state index >= 15 is 0 Å². The van der Waals surface area contributed by atoms with Crippen LogP contribution in [0.5, 0.6) is 17.2 Å². The van der Waals surface area contributed by atoms with Crippen LogP contribution in [0.15, 0.2) is 71.6 Å². The van der Waals surface area contributed by atoms with Crippen molar-refractivity contribution in [3.8, 4) is 17.2 Å². The van der Waals surface area contributed by atoms with Crippen LogP contribution in [0.25, 0.3) is 0 Å². The summed E-state index contributed by atoms with van der Waals surface area (Å²) in [5, 5.41) is 3.32. The Kier molecular flexibility index (Phi) is 12.3. The molecule has 3 aromatic carbocycles. The van der Waals surface area contributed by atoms with Crippen molar-refractivity contribution in [1.29, 1.82) is 0 Å². The normalized spacial score (nSPS) is 11.9. The van der Waals surface area contributed by atoms with Gasteiger partial charge in [0.05, 0.1) is 31.9 Å². The van der Waals surface area contributed by atoms with E-state index in [1.165, 1.54) is 49.5 Å². The van der Waals surface area contributed by atoms with Crippen LogP contribution in [0, 0.1) is 5.92 Å². The largest absolute Gasteiger partial charge is 0.497 e. The molecule has 0 fully saturated rings. The topological polar surface area (TPSA) is 114 Å². The van der Waals surface area contributed by atoms with Crippen LogP contribution in [0.3, 0.4) is 0 Å². The summed E-state index contributed by atoms with van der Waals surface area (Å²) in [6, 6.07) is 16.6. The van der Waals surface area contributed by atoms with Crippen molar-refractivity contribution in [2.45, 2.75) is 44.7 Å². The number of benzene rings is 3. The molecule has 1 unspecified atom stereocenters. The van der Waals surface area contributed by atoms with Gasteiger partial charge in [0.1, 0.15) is 18.3 Å². The lowest BCUT2D eigenvalue weighted by molar-refractivity contribution is -0.140. The Bertz CT molecular complexity index is 1530. The van der Waals surface area contributed by atoms with E-state index in [1.54, 1.807) is 37.4 Å². The van der Waals surface area contributed by atoms with Crippen molar-refractivity contribution >= 4 is 39.1 Å². The lowest BCUT2D eigenvalue weighted by atomic mass is 10.1. The Balaban J connectivity index is 2.09. The molecule has 0 aliphatic heterocycles. The van der Waals surface area contributed by atoms with Crippen molar-refractivity contribution in [2.24, 2.45) is 5.92 Å². The minimum Gasteiger partial charge on any atom is -0.497 e. The minimum atomic E-state index is -4.32. The second-order valence-electron chi connectivity index (χ2n) is 10.4. The molecule has 0 saturated carbocycles. The number of methoxy groups -OCH3 is 3. The number of nitrogens with one attached hydrogen (secondary N) is 1. The van der Waals surface area contributed by atoms with Gasteiger partial charge in [0.2, 0.25) is 11.8 Å². The summed E-state index contributed by atoms with van der Waals surface area (Å²) < 4.78 is 45.3. The lowest BCUT2D eigenvalue weighted by Crippen LogP contribution is -2.52. The van der Waals surface area contributed by atoms with Crippen molar-refractivity contribution in [2.75, 3.05) is 38.7 Å². The van der Waals surface area contributed by atoms with E-state index in [0.717, 1.165) is 4.31 Å². The Labute approximate surface area is 264 Å². The molecule has 0 radical (unpaired) electrons. The van der Waals surface area contributed by atoms with E-state index in [0.29, 0.717) is 35.1 Å². The molecule has 0 spiro atoms. The van der Waals surface area contributed by atoms with Crippen molar-refractivity contribution < 1.29 is 32.2 Å². The molecule has 3 rings (SSSR count). The average molecular weight is 646 g/mol. The fraction of sp³-hybridized carbons (Fsp3) is 0.375. The smallest absolute Gasteiger partial charge is 0.264 e. The summed E-state index contributed by atoms with van der Waals surface area (Å²) in [5.41, 5.74) is 0.935. The standard InChI is InChI=1S/C32H40ClN3O7S/c1-7-28(32(38)34-19-22(2)3)35(20-23-9-8-10-26(17-23)41-4)31(37)21-36(25-13-11-24(33)12-14-25)44(39,40)27-15-16-29(42-5)30(18-27)43-6/h8-18,22,28H,7,19-21H2,1-6H3,(H,34,38). The minimum absolute atomic E-state index is 0.0501. The quantitative estimate of drug-likeness (QED) is 0.243. The predicted octanol–water partition coefficient (Wildman–Crippen LogP) is 5.14. The summed E-state index contributed by atoms with van der Waals surface area (Å²) in [4.78, 5) is 28.9. The zero-order valence-corrected chi connectivity index (χ0v) is 27.4. The molecule has 0 aromatic heterocycles. The molecule has 238 valence electrons. The van der Waals surface area contributed by atoms with Crippen molar-refractivity contribution in [3.63, 3.8) is 0 Å². The van der Waals surface area contributed by atoms with Gasteiger partial charge in [0.25, 0.3) is 10.0 Å². The molecule has 12 heteroatoms. The molecule has 2 amide bonds. The SMILES string of the molecule is CCC(C(=O)NCC(C)C)N(Cc1cccc(OC)c1)C(=O)CN(c1ccc(Cl)cc1)S(=O)(=O)c1ccc(OC)c(OC)c1. The molecular formula is C32H40ClN3O7S. The third-order valence-corrected chi connectivity index (χ3v) is 8.92. The van der Waals surface area contributed by atoms with E-state index in [9.17, 15) is 18.0 Å². The molecular weight excluding hydrogens is 606 g/mol. The van der Waals surface area contributed by atoms with Gasteiger partial charge < -0.3 is 24.4 Å². The molecule has 0 bridgehead atoms. The van der Waals surface area contributed by atoms with Crippen LogP contribution in [0.4, 0.5) is 5.69 Å². The van der Waals surface area contributed by atoms with Crippen LogP contribution < -0.4 is 23.8 Å². The summed E-state index contributed by atoms with van der Waals surface area (Å²) in [6.07, 6.45) is 0.309. The number of amides is 2. The zero-order chi connectivity index (χ0) is 32.4. The summed E-state index contributed by atoms with van der Waals surface area (Å²) >= 11 is 6.11. The summed E-state index contributed by atoms with van der Waals surface area (Å²) in [6.45, 7) is 5.65. The molecule has 0 saturated heterocycles. The van der Waals surface area contributed by atoms with E-state index in [2.05, 4.69) is 5.32 Å². The lowest BCUT2D eigenvalue weighted by Gasteiger charge is -2.33. The first-order valence-electron chi connectivity index (χ1n) is 14.2. The Hall–Kier alpha value is -3.96. The fourth-order valence-corrected chi connectivity index (χ4v) is 6.11. The molecule has 3 aromatic rings. The van der Waals surface area contributed by atoms with E-state index < -0.39 is 28.5 Å². The van der Waals surface area contributed by atoms with Gasteiger partial charge in [0, 0.05) is 24.2 Å². The maximum absolute atomic E-state index is 14.2. The molecule has 1 N–H and O–H groups in total. The van der Waals surface area contributed by atoms with Crippen LogP contribution in [0.2, 0.25) is 5.02 Å². The molecule has 0 heterocycles. The number of rotatable bonds is 15. The number of nitrogens with zero attached hydrogens (tertiary/aromatic N) is 2. The number of hydrogen-bond acceptors (Lipinski definition) is 7. The van der Waals surface area contributed by atoms with Gasteiger partial charge in [-0.25, -0.2) is 8.42 Å². The summed E-state index contributed by atoms with van der Waals surface area (Å²) in [5.74, 6) is 0.459. The number of carbonyl (C=O) groups excluding carboxylic acids is 2. The molecule has 44 heavy (non-hydrogen) atoms. The number of carbonyl (C=O) groups is 2. The van der Waals surface area contributed by atoms with Gasteiger partial charge in [-0.3, -0.25) is 13.9 Å². The molecule has 10 nitrogen and oxygen atoms in total. The molecule has 1 atom stereocenters. The van der Waals surface area contributed by atoms with Gasteiger partial charge >= 0.3 is 0 Å². The first-order valence-corrected chi connectivity index (χ1v) is 16.0. The molecule has 0 aliphatic rings. The molecule has 0 aliphatic carbocycles. The second kappa shape index (κ2) is 15.7.